The van der Waals surface area contributed by atoms with Crippen molar-refractivity contribution in [3.05, 3.63) is 46.6 Å². The first-order chi connectivity index (χ1) is 8.58. The molecule has 0 saturated carbocycles. The summed E-state index contributed by atoms with van der Waals surface area (Å²) in [6.07, 6.45) is 1.26. The van der Waals surface area contributed by atoms with E-state index < -0.39 is 5.97 Å². The van der Waals surface area contributed by atoms with Crippen molar-refractivity contribution in [3.63, 3.8) is 0 Å². The Morgan fingerprint density at radius 1 is 1.39 bits per heavy atom. The molecule has 0 fully saturated rings. The van der Waals surface area contributed by atoms with Crippen molar-refractivity contribution in [1.29, 1.82) is 0 Å². The van der Waals surface area contributed by atoms with Gasteiger partial charge in [0.1, 0.15) is 0 Å². The Hall–Kier alpha value is -2.08. The van der Waals surface area contributed by atoms with Crippen LogP contribution in [-0.2, 0) is 0 Å². The molecule has 1 aromatic carbocycles. The molecule has 18 heavy (non-hydrogen) atoms. The van der Waals surface area contributed by atoms with Crippen molar-refractivity contribution in [2.75, 3.05) is 11.1 Å². The zero-order valence-corrected chi connectivity index (χ0v) is 10.8. The summed E-state index contributed by atoms with van der Waals surface area (Å²) in [6.45, 7) is 0. The molecule has 1 aromatic heterocycles. The van der Waals surface area contributed by atoms with Crippen LogP contribution < -0.4 is 11.1 Å². The van der Waals surface area contributed by atoms with Crippen molar-refractivity contribution in [2.24, 2.45) is 0 Å². The number of carboxylic acids is 1. The smallest absolute Gasteiger partial charge is 0.337 e. The SMILES string of the molecule is Nc1cc(C(=O)O)cnc1Nc1ccccc1Br. The highest BCUT2D eigenvalue weighted by Crippen LogP contribution is 2.27. The van der Waals surface area contributed by atoms with Gasteiger partial charge < -0.3 is 16.2 Å². The Balaban J connectivity index is 2.30. The monoisotopic (exact) mass is 307 g/mol. The van der Waals surface area contributed by atoms with E-state index in [0.717, 1.165) is 10.2 Å². The maximum atomic E-state index is 10.8. The fraction of sp³-hybridized carbons (Fsp3) is 0. The number of nitrogens with one attached hydrogen (secondary N) is 1. The Labute approximate surface area is 112 Å². The number of halogens is 1. The standard InChI is InChI=1S/C12H10BrN3O2/c13-8-3-1-2-4-10(8)16-11-9(14)5-7(6-15-11)12(17)18/h1-6H,14H2,(H,15,16)(H,17,18). The van der Waals surface area contributed by atoms with E-state index in [1.807, 2.05) is 24.3 Å². The summed E-state index contributed by atoms with van der Waals surface area (Å²) in [7, 11) is 0. The molecule has 4 N–H and O–H groups in total. The maximum Gasteiger partial charge on any atom is 0.337 e. The number of para-hydroxylation sites is 1. The molecule has 0 bridgehead atoms. The second-order valence-electron chi connectivity index (χ2n) is 3.57. The molecular weight excluding hydrogens is 298 g/mol. The molecule has 92 valence electrons. The van der Waals surface area contributed by atoms with Gasteiger partial charge >= 0.3 is 5.97 Å². The van der Waals surface area contributed by atoms with E-state index in [9.17, 15) is 4.79 Å². The summed E-state index contributed by atoms with van der Waals surface area (Å²) in [6, 6.07) is 8.86. The highest BCUT2D eigenvalue weighted by atomic mass is 79.9. The van der Waals surface area contributed by atoms with E-state index in [4.69, 9.17) is 10.8 Å². The van der Waals surface area contributed by atoms with Crippen LogP contribution in [0.2, 0.25) is 0 Å². The van der Waals surface area contributed by atoms with E-state index >= 15 is 0 Å². The van der Waals surface area contributed by atoms with Gasteiger partial charge in [-0.2, -0.15) is 0 Å². The number of anilines is 3. The number of carbonyl (C=O) groups is 1. The number of aromatic nitrogens is 1. The van der Waals surface area contributed by atoms with Crippen molar-refractivity contribution < 1.29 is 9.90 Å². The first-order valence-corrected chi connectivity index (χ1v) is 5.87. The minimum Gasteiger partial charge on any atom is -0.478 e. The van der Waals surface area contributed by atoms with Crippen molar-refractivity contribution >= 4 is 39.1 Å². The minimum atomic E-state index is -1.05. The number of nitrogen functional groups attached to an aromatic ring is 1. The third-order valence-electron chi connectivity index (χ3n) is 2.29. The van der Waals surface area contributed by atoms with E-state index in [0.29, 0.717) is 5.82 Å². The molecule has 2 rings (SSSR count). The first kappa shape index (κ1) is 12.4. The van der Waals surface area contributed by atoms with Gasteiger partial charge in [-0.1, -0.05) is 12.1 Å². The van der Waals surface area contributed by atoms with Gasteiger partial charge in [-0.3, -0.25) is 0 Å². The molecule has 1 heterocycles. The van der Waals surface area contributed by atoms with E-state index in [2.05, 4.69) is 26.2 Å². The number of aromatic carboxylic acids is 1. The van der Waals surface area contributed by atoms with Gasteiger partial charge in [-0.25, -0.2) is 9.78 Å². The second-order valence-corrected chi connectivity index (χ2v) is 4.43. The first-order valence-electron chi connectivity index (χ1n) is 5.08. The molecule has 0 aliphatic carbocycles. The Kier molecular flexibility index (Phi) is 3.47. The molecule has 0 radical (unpaired) electrons. The van der Waals surface area contributed by atoms with Crippen LogP contribution in [0.1, 0.15) is 10.4 Å². The van der Waals surface area contributed by atoms with Crippen molar-refractivity contribution in [3.8, 4) is 0 Å². The lowest BCUT2D eigenvalue weighted by Crippen LogP contribution is -2.04. The summed E-state index contributed by atoms with van der Waals surface area (Å²) in [5.74, 6) is -0.631. The van der Waals surface area contributed by atoms with E-state index in [-0.39, 0.29) is 11.3 Å². The van der Waals surface area contributed by atoms with Gasteiger partial charge in [-0.05, 0) is 34.1 Å². The predicted molar refractivity (Wildman–Crippen MR) is 73.0 cm³/mol. The normalized spacial score (nSPS) is 10.1. The number of carboxylic acid groups (broad SMARTS) is 1. The molecular formula is C12H10BrN3O2. The topological polar surface area (TPSA) is 88.2 Å². The molecule has 0 atom stereocenters. The quantitative estimate of drug-likeness (QED) is 0.811. The van der Waals surface area contributed by atoms with Crippen LogP contribution in [-0.4, -0.2) is 16.1 Å². The fourth-order valence-corrected chi connectivity index (χ4v) is 1.78. The summed E-state index contributed by atoms with van der Waals surface area (Å²) in [5.41, 5.74) is 6.90. The van der Waals surface area contributed by atoms with Crippen LogP contribution in [0.15, 0.2) is 41.0 Å². The van der Waals surface area contributed by atoms with Gasteiger partial charge in [0, 0.05) is 10.7 Å². The zero-order chi connectivity index (χ0) is 13.1. The lowest BCUT2D eigenvalue weighted by Gasteiger charge is -2.10. The Bertz CT molecular complexity index is 602. The maximum absolute atomic E-state index is 10.8. The number of nitrogens with zero attached hydrogens (tertiary/aromatic N) is 1. The third-order valence-corrected chi connectivity index (χ3v) is 2.98. The van der Waals surface area contributed by atoms with Crippen LogP contribution in [0.4, 0.5) is 17.2 Å². The molecule has 0 saturated heterocycles. The number of hydrogen-bond donors (Lipinski definition) is 3. The van der Waals surface area contributed by atoms with E-state index in [1.54, 1.807) is 0 Å². The number of hydrogen-bond acceptors (Lipinski definition) is 4. The minimum absolute atomic E-state index is 0.0603. The highest BCUT2D eigenvalue weighted by Gasteiger charge is 2.08. The highest BCUT2D eigenvalue weighted by molar-refractivity contribution is 9.10. The number of rotatable bonds is 3. The van der Waals surface area contributed by atoms with Crippen LogP contribution >= 0.6 is 15.9 Å². The molecule has 0 aliphatic heterocycles. The van der Waals surface area contributed by atoms with Gasteiger partial charge in [0.2, 0.25) is 0 Å². The van der Waals surface area contributed by atoms with E-state index in [1.165, 1.54) is 12.3 Å². The van der Waals surface area contributed by atoms with Crippen LogP contribution in [0.5, 0.6) is 0 Å². The molecule has 6 heteroatoms. The number of pyridine rings is 1. The van der Waals surface area contributed by atoms with Crippen LogP contribution in [0.3, 0.4) is 0 Å². The lowest BCUT2D eigenvalue weighted by atomic mass is 10.2. The summed E-state index contributed by atoms with van der Waals surface area (Å²) < 4.78 is 0.869. The van der Waals surface area contributed by atoms with Gasteiger partial charge in [-0.15, -0.1) is 0 Å². The molecule has 0 spiro atoms. The summed E-state index contributed by atoms with van der Waals surface area (Å²) in [5, 5.41) is 11.8. The lowest BCUT2D eigenvalue weighted by molar-refractivity contribution is 0.0696. The summed E-state index contributed by atoms with van der Waals surface area (Å²) >= 11 is 3.39. The predicted octanol–water partition coefficient (Wildman–Crippen LogP) is 2.87. The van der Waals surface area contributed by atoms with Gasteiger partial charge in [0.15, 0.2) is 5.82 Å². The van der Waals surface area contributed by atoms with Crippen molar-refractivity contribution in [2.45, 2.75) is 0 Å². The largest absolute Gasteiger partial charge is 0.478 e. The second kappa shape index (κ2) is 5.05. The average molecular weight is 308 g/mol. The number of nitrogens with two attached hydrogens (primary N) is 1. The van der Waals surface area contributed by atoms with Gasteiger partial charge in [0.05, 0.1) is 16.9 Å². The molecule has 0 unspecified atom stereocenters. The zero-order valence-electron chi connectivity index (χ0n) is 9.22. The number of benzene rings is 1. The van der Waals surface area contributed by atoms with Crippen LogP contribution in [0, 0.1) is 0 Å². The van der Waals surface area contributed by atoms with Crippen LogP contribution in [0.25, 0.3) is 0 Å². The Morgan fingerprint density at radius 2 is 2.11 bits per heavy atom. The molecule has 0 aliphatic rings. The third kappa shape index (κ3) is 2.60. The molecule has 0 amide bonds. The fourth-order valence-electron chi connectivity index (χ4n) is 1.39. The van der Waals surface area contributed by atoms with Crippen molar-refractivity contribution in [1.82, 2.24) is 4.98 Å². The molecule has 2 aromatic rings. The molecule has 5 nitrogen and oxygen atoms in total. The summed E-state index contributed by atoms with van der Waals surface area (Å²) in [4.78, 5) is 14.8. The average Bonchev–Trinajstić information content (AvgIpc) is 2.34. The Morgan fingerprint density at radius 3 is 2.72 bits per heavy atom. The van der Waals surface area contributed by atoms with Gasteiger partial charge in [0.25, 0.3) is 0 Å².